The molecule has 1 aliphatic carbocycles. The fourth-order valence-electron chi connectivity index (χ4n) is 4.30. The van der Waals surface area contributed by atoms with Crippen LogP contribution < -0.4 is 10.6 Å². The number of fused-ring (bicyclic) bond motifs is 1. The Hall–Kier alpha value is -2.61. The summed E-state index contributed by atoms with van der Waals surface area (Å²) in [4.78, 5) is 22.2. The van der Waals surface area contributed by atoms with Crippen molar-refractivity contribution in [2.75, 3.05) is 0 Å². The van der Waals surface area contributed by atoms with E-state index in [1.165, 1.54) is 5.56 Å². The van der Waals surface area contributed by atoms with Crippen molar-refractivity contribution in [2.24, 2.45) is 0 Å². The Morgan fingerprint density at radius 3 is 2.74 bits per heavy atom. The van der Waals surface area contributed by atoms with E-state index in [0.717, 1.165) is 46.4 Å². The van der Waals surface area contributed by atoms with Crippen LogP contribution in [0.25, 0.3) is 0 Å². The number of hydrogen-bond donors (Lipinski definition) is 2. The van der Waals surface area contributed by atoms with Gasteiger partial charge in [0.15, 0.2) is 0 Å². The van der Waals surface area contributed by atoms with Crippen LogP contribution in [0.3, 0.4) is 0 Å². The molecule has 0 fully saturated rings. The monoisotopic (exact) mass is 536 g/mol. The molecule has 1 atom stereocenters. The Labute approximate surface area is 216 Å². The number of carbonyl (C=O) groups excluding carboxylic acids is 1. The maximum atomic E-state index is 13.1. The van der Waals surface area contributed by atoms with E-state index in [2.05, 4.69) is 43.7 Å². The van der Waals surface area contributed by atoms with Crippen molar-refractivity contribution in [3.05, 3.63) is 93.0 Å². The highest BCUT2D eigenvalue weighted by Gasteiger charge is 2.23. The highest BCUT2D eigenvalue weighted by atomic mass is 79.9. The number of aryl methyl sites for hydroxylation is 1. The molecule has 2 heterocycles. The van der Waals surface area contributed by atoms with E-state index < -0.39 is 5.60 Å². The smallest absolute Gasteiger partial charge is 0.338 e. The van der Waals surface area contributed by atoms with E-state index in [9.17, 15) is 4.79 Å². The number of benzene rings is 1. The summed E-state index contributed by atoms with van der Waals surface area (Å²) < 4.78 is 6.58. The molecule has 184 valence electrons. The standard InChI is InChI=1S/C28H33BrN4O2/c1-28(2,3)35-27(34)23-15-19(10-11-21(23)17-30-18-22-8-4-5-14-31-22)16-32-24-9-6-7-20-12-13-25(29)33-26(20)24/h4-5,8,10-15,24,30,32H,6-7,9,16-18H2,1-3H3. The van der Waals surface area contributed by atoms with Crippen molar-refractivity contribution >= 4 is 21.9 Å². The molecule has 35 heavy (non-hydrogen) atoms. The average Bonchev–Trinajstić information content (AvgIpc) is 2.83. The van der Waals surface area contributed by atoms with Crippen molar-refractivity contribution in [3.8, 4) is 0 Å². The Bertz CT molecular complexity index is 1160. The van der Waals surface area contributed by atoms with Gasteiger partial charge in [-0.25, -0.2) is 9.78 Å². The van der Waals surface area contributed by atoms with Gasteiger partial charge in [0.05, 0.1) is 23.0 Å². The fraction of sp³-hybridized carbons (Fsp3) is 0.393. The molecule has 3 aromatic rings. The van der Waals surface area contributed by atoms with Gasteiger partial charge in [0, 0.05) is 25.8 Å². The molecule has 0 aliphatic heterocycles. The summed E-state index contributed by atoms with van der Waals surface area (Å²) in [6, 6.07) is 16.3. The van der Waals surface area contributed by atoms with E-state index in [1.807, 2.05) is 57.2 Å². The second-order valence-electron chi connectivity index (χ2n) is 9.92. The Kier molecular flexibility index (Phi) is 8.31. The zero-order chi connectivity index (χ0) is 24.8. The van der Waals surface area contributed by atoms with Gasteiger partial charge in [-0.1, -0.05) is 24.3 Å². The second-order valence-corrected chi connectivity index (χ2v) is 10.7. The molecule has 0 saturated carbocycles. The first-order valence-electron chi connectivity index (χ1n) is 12.1. The molecule has 2 N–H and O–H groups in total. The molecule has 1 aromatic carbocycles. The fourth-order valence-corrected chi connectivity index (χ4v) is 4.63. The minimum atomic E-state index is -0.561. The second kappa shape index (κ2) is 11.4. The summed E-state index contributed by atoms with van der Waals surface area (Å²) in [5.41, 5.74) is 5.37. The van der Waals surface area contributed by atoms with Crippen LogP contribution in [0.15, 0.2) is 59.3 Å². The van der Waals surface area contributed by atoms with Gasteiger partial charge in [-0.15, -0.1) is 0 Å². The van der Waals surface area contributed by atoms with Gasteiger partial charge in [-0.2, -0.15) is 0 Å². The lowest BCUT2D eigenvalue weighted by molar-refractivity contribution is 0.00680. The van der Waals surface area contributed by atoms with E-state index in [4.69, 9.17) is 9.72 Å². The van der Waals surface area contributed by atoms with Crippen LogP contribution in [0.5, 0.6) is 0 Å². The number of esters is 1. The topological polar surface area (TPSA) is 76.1 Å². The van der Waals surface area contributed by atoms with Gasteiger partial charge in [0.25, 0.3) is 0 Å². The molecule has 4 rings (SSSR count). The first-order chi connectivity index (χ1) is 16.8. The van der Waals surface area contributed by atoms with Gasteiger partial charge in [0.2, 0.25) is 0 Å². The van der Waals surface area contributed by atoms with Crippen LogP contribution in [-0.4, -0.2) is 21.5 Å². The molecule has 1 aliphatic rings. The minimum Gasteiger partial charge on any atom is -0.456 e. The van der Waals surface area contributed by atoms with Gasteiger partial charge < -0.3 is 15.4 Å². The van der Waals surface area contributed by atoms with Gasteiger partial charge in [-0.3, -0.25) is 4.98 Å². The molecular formula is C28H33BrN4O2. The zero-order valence-corrected chi connectivity index (χ0v) is 22.2. The number of hydrogen-bond acceptors (Lipinski definition) is 6. The Morgan fingerprint density at radius 1 is 1.11 bits per heavy atom. The third kappa shape index (κ3) is 7.19. The summed E-state index contributed by atoms with van der Waals surface area (Å²) in [6.07, 6.45) is 5.03. The largest absolute Gasteiger partial charge is 0.456 e. The average molecular weight is 538 g/mol. The van der Waals surface area contributed by atoms with E-state index in [0.29, 0.717) is 25.2 Å². The van der Waals surface area contributed by atoms with Crippen molar-refractivity contribution in [1.29, 1.82) is 0 Å². The van der Waals surface area contributed by atoms with Crippen LogP contribution in [0.2, 0.25) is 0 Å². The summed E-state index contributed by atoms with van der Waals surface area (Å²) in [7, 11) is 0. The van der Waals surface area contributed by atoms with Crippen molar-refractivity contribution in [3.63, 3.8) is 0 Å². The van der Waals surface area contributed by atoms with Crippen molar-refractivity contribution in [2.45, 2.75) is 71.3 Å². The van der Waals surface area contributed by atoms with Gasteiger partial charge in [-0.05, 0) is 96.9 Å². The lowest BCUT2D eigenvalue weighted by Crippen LogP contribution is -2.27. The zero-order valence-electron chi connectivity index (χ0n) is 20.6. The number of halogens is 1. The van der Waals surface area contributed by atoms with Gasteiger partial charge in [0.1, 0.15) is 10.2 Å². The van der Waals surface area contributed by atoms with Crippen LogP contribution in [-0.2, 0) is 30.8 Å². The summed E-state index contributed by atoms with van der Waals surface area (Å²) in [5, 5.41) is 7.06. The van der Waals surface area contributed by atoms with E-state index in [1.54, 1.807) is 6.20 Å². The lowest BCUT2D eigenvalue weighted by atomic mass is 9.91. The lowest BCUT2D eigenvalue weighted by Gasteiger charge is -2.26. The van der Waals surface area contributed by atoms with Crippen LogP contribution in [0.1, 0.15) is 78.1 Å². The molecular weight excluding hydrogens is 504 g/mol. The van der Waals surface area contributed by atoms with Crippen LogP contribution in [0.4, 0.5) is 0 Å². The summed E-state index contributed by atoms with van der Waals surface area (Å²) >= 11 is 3.51. The first kappa shape index (κ1) is 25.5. The molecule has 1 unspecified atom stereocenters. The third-order valence-electron chi connectivity index (χ3n) is 5.94. The summed E-state index contributed by atoms with van der Waals surface area (Å²) in [5.74, 6) is -0.303. The maximum absolute atomic E-state index is 13.1. The predicted octanol–water partition coefficient (Wildman–Crippen LogP) is 5.65. The van der Waals surface area contributed by atoms with Crippen LogP contribution in [0, 0.1) is 0 Å². The maximum Gasteiger partial charge on any atom is 0.338 e. The predicted molar refractivity (Wildman–Crippen MR) is 141 cm³/mol. The summed E-state index contributed by atoms with van der Waals surface area (Å²) in [6.45, 7) is 7.49. The molecule has 2 aromatic heterocycles. The van der Waals surface area contributed by atoms with Crippen LogP contribution >= 0.6 is 15.9 Å². The first-order valence-corrected chi connectivity index (χ1v) is 12.9. The third-order valence-corrected chi connectivity index (χ3v) is 6.38. The molecule has 0 spiro atoms. The molecule has 7 heteroatoms. The Balaban J connectivity index is 1.48. The SMILES string of the molecule is CC(C)(C)OC(=O)c1cc(CNC2CCCc3ccc(Br)nc32)ccc1CNCc1ccccn1. The number of carbonyl (C=O) groups is 1. The number of nitrogens with zero attached hydrogens (tertiary/aromatic N) is 2. The highest BCUT2D eigenvalue weighted by Crippen LogP contribution is 2.30. The number of nitrogens with one attached hydrogen (secondary N) is 2. The number of rotatable bonds is 8. The molecule has 0 bridgehead atoms. The highest BCUT2D eigenvalue weighted by molar-refractivity contribution is 9.10. The number of pyridine rings is 2. The number of ether oxygens (including phenoxy) is 1. The van der Waals surface area contributed by atoms with E-state index >= 15 is 0 Å². The van der Waals surface area contributed by atoms with Crippen molar-refractivity contribution < 1.29 is 9.53 Å². The normalized spacial score (nSPS) is 15.5. The van der Waals surface area contributed by atoms with Crippen molar-refractivity contribution in [1.82, 2.24) is 20.6 Å². The molecule has 0 amide bonds. The molecule has 0 radical (unpaired) electrons. The molecule has 0 saturated heterocycles. The number of aromatic nitrogens is 2. The van der Waals surface area contributed by atoms with E-state index in [-0.39, 0.29) is 12.0 Å². The minimum absolute atomic E-state index is 0.195. The van der Waals surface area contributed by atoms with Gasteiger partial charge >= 0.3 is 5.97 Å². The molecule has 6 nitrogen and oxygen atoms in total. The Morgan fingerprint density at radius 2 is 1.97 bits per heavy atom. The quantitative estimate of drug-likeness (QED) is 0.286.